The lowest BCUT2D eigenvalue weighted by Gasteiger charge is -2.48. The highest BCUT2D eigenvalue weighted by Gasteiger charge is 2.41. The number of aromatic nitrogens is 1. The standard InChI is InChI=1S/C29H34N4O2/c1-5-19-13-22-23(14-25(19)33-16-20(17-33)32-8-10-35-11-9-32)29(2,3)28-26(27(22)34)21-7-6-18(15-30-4)12-24(21)31-28/h6-7,12-14,20,31H,4-5,8-11,15-17H2,1-3H3. The molecule has 0 bridgehead atoms. The molecule has 3 aromatic rings. The number of carbonyl (C=O) groups excluding carboxylic acids is 1. The van der Waals surface area contributed by atoms with Crippen LogP contribution in [0, 0.1) is 0 Å². The van der Waals surface area contributed by atoms with Crippen LogP contribution in [0.25, 0.3) is 10.9 Å². The summed E-state index contributed by atoms with van der Waals surface area (Å²) in [6.07, 6.45) is 0.910. The van der Waals surface area contributed by atoms with Crippen molar-refractivity contribution < 1.29 is 9.53 Å². The molecule has 1 aliphatic carbocycles. The van der Waals surface area contributed by atoms with Gasteiger partial charge in [-0.3, -0.25) is 14.7 Å². The smallest absolute Gasteiger partial charge is 0.195 e. The van der Waals surface area contributed by atoms with Crippen molar-refractivity contribution in [2.45, 2.75) is 45.2 Å². The van der Waals surface area contributed by atoms with Crippen molar-refractivity contribution >= 4 is 29.1 Å². The fraction of sp³-hybridized carbons (Fsp3) is 0.448. The fourth-order valence-corrected chi connectivity index (χ4v) is 6.19. The van der Waals surface area contributed by atoms with Gasteiger partial charge in [0.2, 0.25) is 0 Å². The number of fused-ring (bicyclic) bond motifs is 4. The molecule has 1 aromatic heterocycles. The maximum absolute atomic E-state index is 13.9. The summed E-state index contributed by atoms with van der Waals surface area (Å²) < 4.78 is 5.53. The quantitative estimate of drug-likeness (QED) is 0.564. The van der Waals surface area contributed by atoms with Gasteiger partial charge in [0.15, 0.2) is 5.78 Å². The third kappa shape index (κ3) is 3.46. The summed E-state index contributed by atoms with van der Waals surface area (Å²) >= 11 is 0. The van der Waals surface area contributed by atoms with Crippen LogP contribution >= 0.6 is 0 Å². The first-order valence-corrected chi connectivity index (χ1v) is 12.8. The zero-order valence-corrected chi connectivity index (χ0v) is 21.0. The van der Waals surface area contributed by atoms with E-state index in [0.29, 0.717) is 12.6 Å². The molecule has 3 heterocycles. The van der Waals surface area contributed by atoms with Crippen LogP contribution < -0.4 is 4.90 Å². The number of aryl methyl sites for hydroxylation is 1. The number of ether oxygens (including phenoxy) is 1. The van der Waals surface area contributed by atoms with Crippen LogP contribution in [-0.2, 0) is 23.1 Å². The normalized spacial score (nSPS) is 20.0. The van der Waals surface area contributed by atoms with Crippen LogP contribution in [-0.4, -0.2) is 67.8 Å². The predicted octanol–water partition coefficient (Wildman–Crippen LogP) is 4.32. The predicted molar refractivity (Wildman–Crippen MR) is 141 cm³/mol. The summed E-state index contributed by atoms with van der Waals surface area (Å²) in [5, 5.41) is 0.995. The van der Waals surface area contributed by atoms with E-state index in [-0.39, 0.29) is 11.2 Å². The average Bonchev–Trinajstić information content (AvgIpc) is 3.23. The van der Waals surface area contributed by atoms with Gasteiger partial charge in [0.25, 0.3) is 0 Å². The van der Waals surface area contributed by atoms with Gasteiger partial charge in [-0.2, -0.15) is 0 Å². The Morgan fingerprint density at radius 3 is 2.66 bits per heavy atom. The number of morpholine rings is 1. The van der Waals surface area contributed by atoms with E-state index in [9.17, 15) is 4.79 Å². The molecule has 1 N–H and O–H groups in total. The molecule has 182 valence electrons. The lowest BCUT2D eigenvalue weighted by Crippen LogP contribution is -2.61. The van der Waals surface area contributed by atoms with Crippen LogP contribution in [0.15, 0.2) is 35.3 Å². The lowest BCUT2D eigenvalue weighted by atomic mass is 9.70. The molecule has 0 atom stereocenters. The maximum Gasteiger partial charge on any atom is 0.195 e. The van der Waals surface area contributed by atoms with Gasteiger partial charge in [-0.1, -0.05) is 32.9 Å². The van der Waals surface area contributed by atoms with E-state index in [1.807, 2.05) is 0 Å². The van der Waals surface area contributed by atoms with Gasteiger partial charge in [0.1, 0.15) is 0 Å². The molecule has 6 nitrogen and oxygen atoms in total. The molecule has 0 saturated carbocycles. The fourth-order valence-electron chi connectivity index (χ4n) is 6.19. The number of ketones is 1. The number of aromatic amines is 1. The van der Waals surface area contributed by atoms with Crippen molar-refractivity contribution in [2.75, 3.05) is 44.3 Å². The Bertz CT molecular complexity index is 1330. The van der Waals surface area contributed by atoms with Crippen LogP contribution in [0.4, 0.5) is 5.69 Å². The van der Waals surface area contributed by atoms with Gasteiger partial charge < -0.3 is 14.6 Å². The Labute approximate surface area is 207 Å². The Morgan fingerprint density at radius 1 is 1.17 bits per heavy atom. The lowest BCUT2D eigenvalue weighted by molar-refractivity contribution is 0.0105. The van der Waals surface area contributed by atoms with Gasteiger partial charge in [-0.15, -0.1) is 0 Å². The molecular weight excluding hydrogens is 436 g/mol. The number of anilines is 1. The molecule has 6 rings (SSSR count). The van der Waals surface area contributed by atoms with E-state index < -0.39 is 0 Å². The molecule has 3 aliphatic rings. The topological polar surface area (TPSA) is 60.9 Å². The zero-order chi connectivity index (χ0) is 24.3. The Balaban J connectivity index is 1.39. The van der Waals surface area contributed by atoms with Crippen LogP contribution in [0.1, 0.15) is 59.1 Å². The summed E-state index contributed by atoms with van der Waals surface area (Å²) in [6.45, 7) is 16.7. The SMILES string of the molecule is C=NCc1ccc2c3c([nH]c2c1)C(C)(C)c1cc(N2CC(N4CCOCC4)C2)c(CC)cc1C3=O. The summed E-state index contributed by atoms with van der Waals surface area (Å²) in [7, 11) is 0. The van der Waals surface area contributed by atoms with Crippen molar-refractivity contribution in [1.82, 2.24) is 9.88 Å². The number of carbonyl (C=O) groups is 1. The summed E-state index contributed by atoms with van der Waals surface area (Å²) in [6, 6.07) is 11.3. The highest BCUT2D eigenvalue weighted by atomic mass is 16.5. The monoisotopic (exact) mass is 470 g/mol. The van der Waals surface area contributed by atoms with E-state index in [2.05, 4.69) is 77.6 Å². The van der Waals surface area contributed by atoms with E-state index in [1.165, 1.54) is 11.3 Å². The third-order valence-corrected chi connectivity index (χ3v) is 8.29. The first-order valence-electron chi connectivity index (χ1n) is 12.8. The highest BCUT2D eigenvalue weighted by Crippen LogP contribution is 2.46. The maximum atomic E-state index is 13.9. The summed E-state index contributed by atoms with van der Waals surface area (Å²) in [5.74, 6) is 0.131. The molecule has 2 fully saturated rings. The molecule has 0 radical (unpaired) electrons. The van der Waals surface area contributed by atoms with Crippen LogP contribution in [0.2, 0.25) is 0 Å². The molecule has 0 amide bonds. The third-order valence-electron chi connectivity index (χ3n) is 8.29. The first kappa shape index (κ1) is 22.5. The zero-order valence-electron chi connectivity index (χ0n) is 21.0. The number of hydrogen-bond donors (Lipinski definition) is 1. The van der Waals surface area contributed by atoms with Crippen LogP contribution in [0.5, 0.6) is 0 Å². The van der Waals surface area contributed by atoms with Crippen molar-refractivity contribution in [2.24, 2.45) is 4.99 Å². The number of nitrogens with zero attached hydrogens (tertiary/aromatic N) is 3. The Morgan fingerprint density at radius 2 is 1.94 bits per heavy atom. The van der Waals surface area contributed by atoms with Crippen molar-refractivity contribution in [3.63, 3.8) is 0 Å². The number of benzene rings is 2. The second-order valence-electron chi connectivity index (χ2n) is 10.7. The highest BCUT2D eigenvalue weighted by molar-refractivity contribution is 6.20. The number of rotatable bonds is 5. The molecule has 2 aromatic carbocycles. The van der Waals surface area contributed by atoms with E-state index in [4.69, 9.17) is 4.74 Å². The summed E-state index contributed by atoms with van der Waals surface area (Å²) in [4.78, 5) is 26.6. The van der Waals surface area contributed by atoms with Gasteiger partial charge in [-0.05, 0) is 48.0 Å². The molecule has 0 unspecified atom stereocenters. The number of aliphatic imine (C=N–C) groups is 1. The molecule has 0 spiro atoms. The molecule has 6 heteroatoms. The van der Waals surface area contributed by atoms with E-state index >= 15 is 0 Å². The van der Waals surface area contributed by atoms with Gasteiger partial charge in [-0.25, -0.2) is 0 Å². The molecule has 2 aliphatic heterocycles. The van der Waals surface area contributed by atoms with Crippen molar-refractivity contribution in [3.8, 4) is 0 Å². The number of nitrogens with one attached hydrogen (secondary N) is 1. The average molecular weight is 471 g/mol. The van der Waals surface area contributed by atoms with Crippen molar-refractivity contribution in [3.05, 3.63) is 63.8 Å². The van der Waals surface area contributed by atoms with Gasteiger partial charge in [0, 0.05) is 65.5 Å². The minimum Gasteiger partial charge on any atom is -0.379 e. The molecular formula is C29H34N4O2. The van der Waals surface area contributed by atoms with E-state index in [0.717, 1.165) is 84.7 Å². The van der Waals surface area contributed by atoms with E-state index in [1.54, 1.807) is 0 Å². The number of H-pyrrole nitrogens is 1. The Hall–Kier alpha value is -2.96. The molecule has 35 heavy (non-hydrogen) atoms. The van der Waals surface area contributed by atoms with Crippen LogP contribution in [0.3, 0.4) is 0 Å². The Kier molecular flexibility index (Phi) is 5.35. The second-order valence-corrected chi connectivity index (χ2v) is 10.7. The van der Waals surface area contributed by atoms with Gasteiger partial charge in [0.05, 0.1) is 25.3 Å². The number of hydrogen-bond acceptors (Lipinski definition) is 5. The van der Waals surface area contributed by atoms with Gasteiger partial charge >= 0.3 is 0 Å². The molecule has 2 saturated heterocycles. The first-order chi connectivity index (χ1) is 16.9. The largest absolute Gasteiger partial charge is 0.379 e. The minimum absolute atomic E-state index is 0.131. The minimum atomic E-state index is -0.302. The second kappa shape index (κ2) is 8.32. The van der Waals surface area contributed by atoms with Crippen molar-refractivity contribution in [1.29, 1.82) is 0 Å². The summed E-state index contributed by atoms with van der Waals surface area (Å²) in [5.41, 5.74) is 8.15.